The lowest BCUT2D eigenvalue weighted by molar-refractivity contribution is 0.417. The van der Waals surface area contributed by atoms with Gasteiger partial charge in [-0.1, -0.05) is 5.16 Å². The van der Waals surface area contributed by atoms with Gasteiger partial charge in [0.25, 0.3) is 5.89 Å². The number of fused-ring (bicyclic) bond motifs is 1. The van der Waals surface area contributed by atoms with Gasteiger partial charge in [-0.15, -0.1) is 12.4 Å². The summed E-state index contributed by atoms with van der Waals surface area (Å²) in [5.74, 6) is 1.15. The van der Waals surface area contributed by atoms with Gasteiger partial charge in [-0.25, -0.2) is 4.98 Å². The molecule has 3 rings (SSSR count). The molecule has 3 aromatic heterocycles. The molecule has 0 fully saturated rings. The Kier molecular flexibility index (Phi) is 4.59. The van der Waals surface area contributed by atoms with Crippen molar-refractivity contribution < 1.29 is 4.52 Å². The Hall–Kier alpha value is -1.92. The van der Waals surface area contributed by atoms with Crippen LogP contribution in [0.5, 0.6) is 0 Å². The van der Waals surface area contributed by atoms with Crippen LogP contribution in [-0.2, 0) is 6.42 Å². The number of pyridine rings is 1. The molecule has 6 nitrogen and oxygen atoms in total. The number of hydrogen-bond donors (Lipinski definition) is 1. The normalized spacial score (nSPS) is 12.3. The molecule has 3 aromatic rings. The first-order valence-corrected chi connectivity index (χ1v) is 6.61. The van der Waals surface area contributed by atoms with E-state index in [2.05, 4.69) is 27.4 Å². The van der Waals surface area contributed by atoms with Crippen LogP contribution < -0.4 is 5.32 Å². The van der Waals surface area contributed by atoms with Gasteiger partial charge in [0.15, 0.2) is 5.82 Å². The maximum absolute atomic E-state index is 5.29. The minimum atomic E-state index is 0. The lowest BCUT2D eigenvalue weighted by Crippen LogP contribution is -2.24. The van der Waals surface area contributed by atoms with E-state index in [1.165, 1.54) is 5.56 Å². The summed E-state index contributed by atoms with van der Waals surface area (Å²) in [6.07, 6.45) is 4.60. The van der Waals surface area contributed by atoms with Crippen LogP contribution in [0, 0.1) is 6.92 Å². The molecule has 0 aliphatic heterocycles. The van der Waals surface area contributed by atoms with Crippen molar-refractivity contribution in [1.82, 2.24) is 24.8 Å². The highest BCUT2D eigenvalue weighted by Gasteiger charge is 2.14. The maximum atomic E-state index is 5.29. The summed E-state index contributed by atoms with van der Waals surface area (Å²) < 4.78 is 7.24. The highest BCUT2D eigenvalue weighted by Crippen LogP contribution is 2.18. The number of aromatic nitrogens is 4. The van der Waals surface area contributed by atoms with Gasteiger partial charge in [-0.05, 0) is 38.6 Å². The number of likely N-dealkylation sites (N-methyl/N-ethyl adjacent to an activating group) is 1. The van der Waals surface area contributed by atoms with E-state index in [0.717, 1.165) is 12.1 Å². The predicted octanol–water partition coefficient (Wildman–Crippen LogP) is 2.26. The van der Waals surface area contributed by atoms with Crippen LogP contribution >= 0.6 is 12.4 Å². The molecule has 0 spiro atoms. The molecule has 0 aliphatic carbocycles. The number of rotatable bonds is 4. The van der Waals surface area contributed by atoms with E-state index in [4.69, 9.17) is 4.52 Å². The number of hydrogen-bond acceptors (Lipinski definition) is 5. The van der Waals surface area contributed by atoms with Crippen LogP contribution in [0.4, 0.5) is 0 Å². The lowest BCUT2D eigenvalue weighted by atomic mass is 10.2. The minimum Gasteiger partial charge on any atom is -0.332 e. The monoisotopic (exact) mass is 307 g/mol. The molecule has 1 unspecified atom stereocenters. The topological polar surface area (TPSA) is 68.2 Å². The lowest BCUT2D eigenvalue weighted by Gasteiger charge is -2.04. The summed E-state index contributed by atoms with van der Waals surface area (Å²) in [5.41, 5.74) is 2.75. The Morgan fingerprint density at radius 1 is 1.38 bits per heavy atom. The molecule has 0 aromatic carbocycles. The first-order valence-electron chi connectivity index (χ1n) is 6.61. The molecule has 7 heteroatoms. The van der Waals surface area contributed by atoms with Crippen molar-refractivity contribution in [2.24, 2.45) is 0 Å². The van der Waals surface area contributed by atoms with E-state index in [1.54, 1.807) is 0 Å². The molecular formula is C14H18ClN5O. The van der Waals surface area contributed by atoms with Crippen molar-refractivity contribution in [1.29, 1.82) is 0 Å². The van der Waals surface area contributed by atoms with Gasteiger partial charge < -0.3 is 14.2 Å². The van der Waals surface area contributed by atoms with E-state index in [1.807, 2.05) is 42.9 Å². The van der Waals surface area contributed by atoms with E-state index in [0.29, 0.717) is 23.5 Å². The Morgan fingerprint density at radius 3 is 2.95 bits per heavy atom. The van der Waals surface area contributed by atoms with Crippen molar-refractivity contribution >= 4 is 18.1 Å². The van der Waals surface area contributed by atoms with Gasteiger partial charge in [0.1, 0.15) is 11.3 Å². The molecule has 0 radical (unpaired) electrons. The largest absolute Gasteiger partial charge is 0.332 e. The molecule has 0 saturated carbocycles. The molecule has 0 bridgehead atoms. The fourth-order valence-corrected chi connectivity index (χ4v) is 2.00. The van der Waals surface area contributed by atoms with Crippen LogP contribution in [-0.4, -0.2) is 32.6 Å². The quantitative estimate of drug-likeness (QED) is 0.801. The Labute approximate surface area is 129 Å². The second-order valence-corrected chi connectivity index (χ2v) is 5.01. The van der Waals surface area contributed by atoms with Gasteiger partial charge in [0.2, 0.25) is 0 Å². The summed E-state index contributed by atoms with van der Waals surface area (Å²) >= 11 is 0. The van der Waals surface area contributed by atoms with E-state index < -0.39 is 0 Å². The van der Waals surface area contributed by atoms with Crippen molar-refractivity contribution in [3.05, 3.63) is 35.9 Å². The Balaban J connectivity index is 0.00000161. The number of aryl methyl sites for hydroxylation is 1. The third-order valence-electron chi connectivity index (χ3n) is 3.28. The Bertz CT molecular complexity index is 736. The number of halogens is 1. The third-order valence-corrected chi connectivity index (χ3v) is 3.28. The zero-order valence-electron chi connectivity index (χ0n) is 12.2. The van der Waals surface area contributed by atoms with Crippen molar-refractivity contribution in [2.75, 3.05) is 7.05 Å². The van der Waals surface area contributed by atoms with Crippen LogP contribution in [0.3, 0.4) is 0 Å². The van der Waals surface area contributed by atoms with Gasteiger partial charge in [0, 0.05) is 24.9 Å². The molecule has 0 amide bonds. The first kappa shape index (κ1) is 15.5. The molecule has 0 saturated heterocycles. The molecule has 1 atom stereocenters. The molecule has 3 heterocycles. The smallest absolute Gasteiger partial charge is 0.278 e. The average Bonchev–Trinajstić information content (AvgIpc) is 3.04. The summed E-state index contributed by atoms with van der Waals surface area (Å²) in [7, 11) is 1.91. The molecule has 21 heavy (non-hydrogen) atoms. The molecule has 0 aliphatic rings. The molecule has 1 N–H and O–H groups in total. The first-order chi connectivity index (χ1) is 9.65. The SMILES string of the molecule is CNC(C)Cc1noc(-c2cn3ccc(C)cc3n2)n1.Cl. The highest BCUT2D eigenvalue weighted by molar-refractivity contribution is 5.85. The van der Waals surface area contributed by atoms with Crippen LogP contribution in [0.25, 0.3) is 17.2 Å². The fraction of sp³-hybridized carbons (Fsp3) is 0.357. The van der Waals surface area contributed by atoms with E-state index in [9.17, 15) is 0 Å². The van der Waals surface area contributed by atoms with Gasteiger partial charge in [-0.2, -0.15) is 4.98 Å². The zero-order valence-corrected chi connectivity index (χ0v) is 13.0. The van der Waals surface area contributed by atoms with Crippen LogP contribution in [0.2, 0.25) is 0 Å². The summed E-state index contributed by atoms with van der Waals surface area (Å²) in [6.45, 7) is 4.11. The third kappa shape index (κ3) is 3.22. The van der Waals surface area contributed by atoms with E-state index in [-0.39, 0.29) is 12.4 Å². The number of imidazole rings is 1. The maximum Gasteiger partial charge on any atom is 0.278 e. The number of nitrogens with one attached hydrogen (secondary N) is 1. The summed E-state index contributed by atoms with van der Waals surface area (Å²) in [5, 5.41) is 7.14. The van der Waals surface area contributed by atoms with Gasteiger partial charge in [0.05, 0.1) is 0 Å². The summed E-state index contributed by atoms with van der Waals surface area (Å²) in [6, 6.07) is 4.36. The standard InChI is InChI=1S/C14H17N5O.ClH/c1-9-4-5-19-8-11(16-13(19)6-9)14-17-12(18-20-14)7-10(2)15-3;/h4-6,8,10,15H,7H2,1-3H3;1H. The second-order valence-electron chi connectivity index (χ2n) is 5.01. The summed E-state index contributed by atoms with van der Waals surface area (Å²) in [4.78, 5) is 8.90. The average molecular weight is 308 g/mol. The van der Waals surface area contributed by atoms with Crippen molar-refractivity contribution in [3.8, 4) is 11.6 Å². The fourth-order valence-electron chi connectivity index (χ4n) is 2.00. The van der Waals surface area contributed by atoms with Crippen molar-refractivity contribution in [2.45, 2.75) is 26.3 Å². The molecule has 112 valence electrons. The predicted molar refractivity (Wildman–Crippen MR) is 82.7 cm³/mol. The molecular weight excluding hydrogens is 290 g/mol. The Morgan fingerprint density at radius 2 is 2.19 bits per heavy atom. The minimum absolute atomic E-state index is 0. The number of nitrogens with zero attached hydrogens (tertiary/aromatic N) is 4. The van der Waals surface area contributed by atoms with Crippen LogP contribution in [0.15, 0.2) is 29.0 Å². The van der Waals surface area contributed by atoms with Crippen molar-refractivity contribution in [3.63, 3.8) is 0 Å². The zero-order chi connectivity index (χ0) is 14.1. The van der Waals surface area contributed by atoms with Gasteiger partial charge in [-0.3, -0.25) is 0 Å². The van der Waals surface area contributed by atoms with Crippen LogP contribution in [0.1, 0.15) is 18.3 Å². The second kappa shape index (κ2) is 6.24. The highest BCUT2D eigenvalue weighted by atomic mass is 35.5. The van der Waals surface area contributed by atoms with Gasteiger partial charge >= 0.3 is 0 Å². The van der Waals surface area contributed by atoms with E-state index >= 15 is 0 Å².